The van der Waals surface area contributed by atoms with Crippen molar-refractivity contribution in [3.63, 3.8) is 0 Å². The topological polar surface area (TPSA) is 83.5 Å². The third kappa shape index (κ3) is 9.88. The van der Waals surface area contributed by atoms with Gasteiger partial charge in [-0.1, -0.05) is 0 Å². The van der Waals surface area contributed by atoms with Gasteiger partial charge >= 0.3 is 5.97 Å². The molecule has 0 rings (SSSR count). The first-order valence-electron chi connectivity index (χ1n) is 4.91. The van der Waals surface area contributed by atoms with E-state index in [2.05, 4.69) is 0 Å². The Labute approximate surface area is 96.5 Å². The molecule has 0 aliphatic rings. The van der Waals surface area contributed by atoms with Gasteiger partial charge in [0, 0.05) is 13.3 Å². The third-order valence-electron chi connectivity index (χ3n) is 1.84. The number of hydrogen-bond donors (Lipinski definition) is 0. The SMILES string of the molecule is CC(=O)OC(CC[N+](C)(C)C)CS(=O)(=O)[O-]. The van der Waals surface area contributed by atoms with Crippen LogP contribution in [0.4, 0.5) is 0 Å². The Balaban J connectivity index is 4.39. The van der Waals surface area contributed by atoms with Crippen molar-refractivity contribution in [2.45, 2.75) is 19.4 Å². The number of nitrogens with zero attached hydrogens (tertiary/aromatic N) is 1. The van der Waals surface area contributed by atoms with Gasteiger partial charge in [-0.25, -0.2) is 8.42 Å². The molecule has 0 aromatic rings. The van der Waals surface area contributed by atoms with Crippen LogP contribution in [-0.4, -0.2) is 63.0 Å². The van der Waals surface area contributed by atoms with Gasteiger partial charge in [0.2, 0.25) is 0 Å². The molecule has 0 saturated carbocycles. The standard InChI is InChI=1S/C9H19NO5S/c1-8(11)15-9(7-16(12,13)14)5-6-10(2,3)4/h9H,5-7H2,1-4H3. The van der Waals surface area contributed by atoms with Crippen LogP contribution in [0.25, 0.3) is 0 Å². The van der Waals surface area contributed by atoms with E-state index < -0.39 is 27.9 Å². The van der Waals surface area contributed by atoms with E-state index in [9.17, 15) is 17.8 Å². The molecule has 96 valence electrons. The molecule has 0 aromatic heterocycles. The van der Waals surface area contributed by atoms with Gasteiger partial charge in [0.05, 0.1) is 43.6 Å². The van der Waals surface area contributed by atoms with E-state index in [0.717, 1.165) is 0 Å². The summed E-state index contributed by atoms with van der Waals surface area (Å²) in [7, 11) is 1.41. The minimum absolute atomic E-state index is 0.352. The minimum Gasteiger partial charge on any atom is -0.748 e. The van der Waals surface area contributed by atoms with Gasteiger partial charge in [-0.2, -0.15) is 0 Å². The van der Waals surface area contributed by atoms with Gasteiger partial charge in [-0.3, -0.25) is 4.79 Å². The first-order valence-corrected chi connectivity index (χ1v) is 6.48. The molecular weight excluding hydrogens is 234 g/mol. The van der Waals surface area contributed by atoms with Crippen molar-refractivity contribution in [3.05, 3.63) is 0 Å². The zero-order valence-electron chi connectivity index (χ0n) is 10.1. The Morgan fingerprint density at radius 1 is 1.38 bits per heavy atom. The van der Waals surface area contributed by atoms with Crippen molar-refractivity contribution in [1.29, 1.82) is 0 Å². The van der Waals surface area contributed by atoms with Crippen LogP contribution in [0.2, 0.25) is 0 Å². The second-order valence-corrected chi connectivity index (χ2v) is 6.21. The van der Waals surface area contributed by atoms with E-state index in [0.29, 0.717) is 17.4 Å². The zero-order chi connectivity index (χ0) is 13.0. The molecular formula is C9H19NO5S. The van der Waals surface area contributed by atoms with Crippen LogP contribution in [0.1, 0.15) is 13.3 Å². The molecule has 0 amide bonds. The van der Waals surface area contributed by atoms with Gasteiger partial charge in [0.15, 0.2) is 0 Å². The van der Waals surface area contributed by atoms with E-state index in [1.54, 1.807) is 0 Å². The van der Waals surface area contributed by atoms with Crippen LogP contribution in [0.3, 0.4) is 0 Å². The highest BCUT2D eigenvalue weighted by Crippen LogP contribution is 2.06. The fraction of sp³-hybridized carbons (Fsp3) is 0.889. The molecule has 1 atom stereocenters. The summed E-state index contributed by atoms with van der Waals surface area (Å²) >= 11 is 0. The molecule has 0 radical (unpaired) electrons. The van der Waals surface area contributed by atoms with Crippen molar-refractivity contribution in [2.75, 3.05) is 33.4 Å². The van der Waals surface area contributed by atoms with Crippen molar-refractivity contribution in [1.82, 2.24) is 0 Å². The number of carbonyl (C=O) groups is 1. The molecule has 0 aliphatic heterocycles. The first kappa shape index (κ1) is 15.3. The van der Waals surface area contributed by atoms with Crippen LogP contribution >= 0.6 is 0 Å². The summed E-state index contributed by atoms with van der Waals surface area (Å²) in [5.41, 5.74) is 0. The zero-order valence-corrected chi connectivity index (χ0v) is 10.9. The monoisotopic (exact) mass is 253 g/mol. The average molecular weight is 253 g/mol. The van der Waals surface area contributed by atoms with Gasteiger partial charge in [0.1, 0.15) is 6.10 Å². The van der Waals surface area contributed by atoms with Crippen LogP contribution in [0.15, 0.2) is 0 Å². The summed E-state index contributed by atoms with van der Waals surface area (Å²) in [5.74, 6) is -1.23. The van der Waals surface area contributed by atoms with Gasteiger partial charge in [0.25, 0.3) is 0 Å². The molecule has 0 aliphatic carbocycles. The van der Waals surface area contributed by atoms with Crippen molar-refractivity contribution >= 4 is 16.1 Å². The van der Waals surface area contributed by atoms with E-state index >= 15 is 0 Å². The largest absolute Gasteiger partial charge is 0.748 e. The molecule has 7 heteroatoms. The Morgan fingerprint density at radius 2 is 1.88 bits per heavy atom. The average Bonchev–Trinajstić information content (AvgIpc) is 1.94. The molecule has 1 unspecified atom stereocenters. The smallest absolute Gasteiger partial charge is 0.302 e. The fourth-order valence-corrected chi connectivity index (χ4v) is 1.86. The maximum absolute atomic E-state index is 10.7. The summed E-state index contributed by atoms with van der Waals surface area (Å²) in [6, 6.07) is 0. The summed E-state index contributed by atoms with van der Waals surface area (Å²) < 4.78 is 37.2. The minimum atomic E-state index is -4.37. The lowest BCUT2D eigenvalue weighted by Crippen LogP contribution is -2.39. The second kappa shape index (κ2) is 5.60. The third-order valence-corrected chi connectivity index (χ3v) is 2.62. The first-order chi connectivity index (χ1) is 6.99. The van der Waals surface area contributed by atoms with Crippen LogP contribution in [0.5, 0.6) is 0 Å². The number of rotatable bonds is 6. The predicted octanol–water partition coefficient (Wildman–Crippen LogP) is -0.440. The maximum Gasteiger partial charge on any atom is 0.302 e. The van der Waals surface area contributed by atoms with Crippen LogP contribution < -0.4 is 0 Å². The van der Waals surface area contributed by atoms with Crippen LogP contribution in [0, 0.1) is 0 Å². The maximum atomic E-state index is 10.7. The quantitative estimate of drug-likeness (QED) is 0.364. The van der Waals surface area contributed by atoms with Gasteiger partial charge < -0.3 is 13.8 Å². The lowest BCUT2D eigenvalue weighted by Gasteiger charge is -2.26. The summed E-state index contributed by atoms with van der Waals surface area (Å²) in [4.78, 5) is 10.7. The second-order valence-electron chi connectivity index (χ2n) is 4.76. The Morgan fingerprint density at radius 3 is 2.19 bits per heavy atom. The number of carbonyl (C=O) groups excluding carboxylic acids is 1. The van der Waals surface area contributed by atoms with E-state index in [1.807, 2.05) is 21.1 Å². The van der Waals surface area contributed by atoms with E-state index in [4.69, 9.17) is 4.74 Å². The summed E-state index contributed by atoms with van der Waals surface area (Å²) in [5, 5.41) is 0. The molecule has 0 heterocycles. The number of hydrogen-bond acceptors (Lipinski definition) is 5. The number of ether oxygens (including phenoxy) is 1. The predicted molar refractivity (Wildman–Crippen MR) is 57.6 cm³/mol. The molecule has 0 spiro atoms. The normalized spacial score (nSPS) is 14.6. The highest BCUT2D eigenvalue weighted by molar-refractivity contribution is 7.85. The highest BCUT2D eigenvalue weighted by atomic mass is 32.2. The van der Waals surface area contributed by atoms with Gasteiger partial charge in [-0.05, 0) is 0 Å². The summed E-state index contributed by atoms with van der Waals surface area (Å²) in [6.45, 7) is 1.81. The molecule has 0 bridgehead atoms. The lowest BCUT2D eigenvalue weighted by molar-refractivity contribution is -0.870. The molecule has 6 nitrogen and oxygen atoms in total. The Kier molecular flexibility index (Phi) is 5.37. The fourth-order valence-electron chi connectivity index (χ4n) is 1.17. The number of quaternary nitrogens is 1. The molecule has 16 heavy (non-hydrogen) atoms. The highest BCUT2D eigenvalue weighted by Gasteiger charge is 2.19. The number of esters is 1. The summed E-state index contributed by atoms with van der Waals surface area (Å²) in [6.07, 6.45) is -0.498. The molecule has 0 fully saturated rings. The Hall–Kier alpha value is -0.660. The lowest BCUT2D eigenvalue weighted by atomic mass is 10.2. The van der Waals surface area contributed by atoms with E-state index in [1.165, 1.54) is 6.92 Å². The Bertz CT molecular complexity index is 330. The van der Waals surface area contributed by atoms with Crippen molar-refractivity contribution < 1.29 is 27.0 Å². The molecule has 0 saturated heterocycles. The molecule has 0 aromatic carbocycles. The van der Waals surface area contributed by atoms with Crippen molar-refractivity contribution in [3.8, 4) is 0 Å². The van der Waals surface area contributed by atoms with Crippen molar-refractivity contribution in [2.24, 2.45) is 0 Å². The van der Waals surface area contributed by atoms with E-state index in [-0.39, 0.29) is 0 Å². The van der Waals surface area contributed by atoms with Crippen LogP contribution in [-0.2, 0) is 19.6 Å². The molecule has 0 N–H and O–H groups in total. The van der Waals surface area contributed by atoms with Gasteiger partial charge in [-0.15, -0.1) is 0 Å².